The first-order valence-corrected chi connectivity index (χ1v) is 15.3. The van der Waals surface area contributed by atoms with E-state index in [1.807, 2.05) is 45.0 Å². The van der Waals surface area contributed by atoms with Crippen LogP contribution in [0.15, 0.2) is 36.4 Å². The summed E-state index contributed by atoms with van der Waals surface area (Å²) in [6.07, 6.45) is 0. The molecule has 0 radical (unpaired) electrons. The van der Waals surface area contributed by atoms with Gasteiger partial charge in [-0.1, -0.05) is 11.6 Å². The third-order valence-electron chi connectivity index (χ3n) is 5.50. The van der Waals surface area contributed by atoms with E-state index in [0.717, 1.165) is 44.0 Å². The van der Waals surface area contributed by atoms with Crippen molar-refractivity contribution >= 4 is 96.6 Å². The summed E-state index contributed by atoms with van der Waals surface area (Å²) in [5.41, 5.74) is 15.3. The third kappa shape index (κ3) is 12.2. The van der Waals surface area contributed by atoms with Gasteiger partial charge in [-0.05, 0) is 57.2 Å². The van der Waals surface area contributed by atoms with Crippen molar-refractivity contribution in [3.05, 3.63) is 74.0 Å². The van der Waals surface area contributed by atoms with Crippen LogP contribution in [0.25, 0.3) is 20.4 Å². The van der Waals surface area contributed by atoms with Gasteiger partial charge in [0, 0.05) is 27.9 Å². The van der Waals surface area contributed by atoms with Gasteiger partial charge in [-0.25, -0.2) is 24.5 Å². The number of esters is 2. The van der Waals surface area contributed by atoms with Gasteiger partial charge in [0.05, 0.1) is 36.9 Å². The van der Waals surface area contributed by atoms with Gasteiger partial charge in [0.25, 0.3) is 0 Å². The molecule has 13 nitrogen and oxygen atoms in total. The van der Waals surface area contributed by atoms with Crippen molar-refractivity contribution in [3.8, 4) is 6.07 Å². The van der Waals surface area contributed by atoms with Gasteiger partial charge >= 0.3 is 47.5 Å². The molecule has 5 aromatic heterocycles. The van der Waals surface area contributed by atoms with Gasteiger partial charge in [0.2, 0.25) is 0 Å². The Morgan fingerprint density at radius 3 is 1.70 bits per heavy atom. The Balaban J connectivity index is 0.000000620. The van der Waals surface area contributed by atoms with E-state index in [1.54, 1.807) is 18.2 Å². The van der Waals surface area contributed by atoms with Crippen molar-refractivity contribution in [2.24, 2.45) is 0 Å². The number of halogens is 1. The van der Waals surface area contributed by atoms with E-state index in [9.17, 15) is 14.4 Å². The minimum absolute atomic E-state index is 0. The molecule has 0 saturated heterocycles. The van der Waals surface area contributed by atoms with E-state index >= 15 is 0 Å². The summed E-state index contributed by atoms with van der Waals surface area (Å²) in [6.45, 7) is 5.58. The number of carboxylic acids is 1. The van der Waals surface area contributed by atoms with Crippen molar-refractivity contribution in [1.29, 1.82) is 5.26 Å². The molecule has 0 aromatic carbocycles. The summed E-state index contributed by atoms with van der Waals surface area (Å²) in [7, 11) is 2.67. The fourth-order valence-corrected chi connectivity index (χ4v) is 5.66. The van der Waals surface area contributed by atoms with E-state index in [4.69, 9.17) is 33.4 Å². The van der Waals surface area contributed by atoms with Crippen molar-refractivity contribution in [1.82, 2.24) is 15.0 Å². The number of thiol groups is 1. The zero-order valence-corrected chi connectivity index (χ0v) is 31.5. The first-order chi connectivity index (χ1) is 21.3. The molecular formula is C29H30ClN6NaO7S3. The number of fused-ring (bicyclic) bond motifs is 2. The molecule has 0 spiro atoms. The van der Waals surface area contributed by atoms with Crippen LogP contribution in [0, 0.1) is 32.1 Å². The number of hydrogen-bond acceptors (Lipinski definition) is 15. The van der Waals surface area contributed by atoms with Crippen molar-refractivity contribution in [3.63, 3.8) is 0 Å². The van der Waals surface area contributed by atoms with Crippen LogP contribution in [0.1, 0.15) is 42.0 Å². The van der Waals surface area contributed by atoms with E-state index in [2.05, 4.69) is 37.1 Å². The number of anilines is 2. The summed E-state index contributed by atoms with van der Waals surface area (Å²) in [5, 5.41) is 19.1. The Labute approximate surface area is 310 Å². The average molecular weight is 729 g/mol. The largest absolute Gasteiger partial charge is 1.00 e. The summed E-state index contributed by atoms with van der Waals surface area (Å²) in [6, 6.07) is 12.7. The monoisotopic (exact) mass is 728 g/mol. The molecule has 0 amide bonds. The molecule has 0 unspecified atom stereocenters. The summed E-state index contributed by atoms with van der Waals surface area (Å²) in [4.78, 5) is 46.5. The van der Waals surface area contributed by atoms with E-state index in [0.29, 0.717) is 26.6 Å². The molecule has 18 heteroatoms. The van der Waals surface area contributed by atoms with Gasteiger partial charge < -0.3 is 31.5 Å². The first-order valence-electron chi connectivity index (χ1n) is 12.6. The molecule has 0 aliphatic rings. The van der Waals surface area contributed by atoms with E-state index in [1.165, 1.54) is 25.6 Å². The van der Waals surface area contributed by atoms with Gasteiger partial charge in [-0.15, -0.1) is 22.7 Å². The maximum Gasteiger partial charge on any atom is 1.00 e. The number of carbonyl (C=O) groups is 3. The fraction of sp³-hybridized carbons (Fsp3) is 0.207. The number of carboxylic acid groups (broad SMARTS) is 1. The van der Waals surface area contributed by atoms with Crippen LogP contribution in [0.4, 0.5) is 11.4 Å². The number of nitrogen functional groups attached to an aromatic ring is 2. The van der Waals surface area contributed by atoms with Crippen LogP contribution in [0.2, 0.25) is 5.15 Å². The molecule has 0 bridgehead atoms. The van der Waals surface area contributed by atoms with Gasteiger partial charge in [0.15, 0.2) is 0 Å². The normalized spacial score (nSPS) is 9.40. The number of rotatable bonds is 3. The number of aromatic nitrogens is 3. The minimum atomic E-state index is -0.997. The molecule has 0 saturated carbocycles. The van der Waals surface area contributed by atoms with Crippen LogP contribution >= 0.6 is 46.9 Å². The Morgan fingerprint density at radius 2 is 1.32 bits per heavy atom. The summed E-state index contributed by atoms with van der Waals surface area (Å²) >= 11 is 11.6. The molecule has 0 aliphatic carbocycles. The number of hydrogen-bond donors (Lipinski definition) is 4. The minimum Gasteiger partial charge on any atom is -0.870 e. The maximum absolute atomic E-state index is 11.4. The number of nitrogens with two attached hydrogens (primary N) is 2. The van der Waals surface area contributed by atoms with Crippen LogP contribution < -0.4 is 41.0 Å². The Morgan fingerprint density at radius 1 is 0.872 bits per heavy atom. The number of nitriles is 1. The van der Waals surface area contributed by atoms with Crippen LogP contribution in [0.5, 0.6) is 0 Å². The second-order valence-electron chi connectivity index (χ2n) is 8.73. The molecule has 0 fully saturated rings. The molecule has 0 atom stereocenters. The summed E-state index contributed by atoms with van der Waals surface area (Å²) < 4.78 is 8.82. The molecule has 47 heavy (non-hydrogen) atoms. The number of carbonyl (C=O) groups excluding carboxylic acids is 2. The first kappa shape index (κ1) is 43.5. The SMILES string of the molecule is COC(=O)CS.COC(=O)c1sc2nc(C)ccc2c1N.Cc1ccc(C#N)c(Cl)n1.Cc1ccc2c(N)c(C(=O)O)sc2n1.[Na+].[OH-]. The Hall–Kier alpha value is -3.53. The second kappa shape index (κ2) is 20.7. The van der Waals surface area contributed by atoms with Gasteiger partial charge in [0.1, 0.15) is 30.6 Å². The standard InChI is InChI=1S/C10H10N2O2S.C9H8N2O2S.C7H5ClN2.C3H6O2S.Na.H2O/c1-5-3-4-6-7(11)8(10(13)14-2)15-9(6)12-5;1-4-2-3-5-6(10)7(9(12)13)14-8(5)11-4;1-5-2-3-6(4-9)7(8)10-5;1-5-3(4)2-6;;/h3-4H,11H2,1-2H3;2-3H,10H2,1H3,(H,12,13);2-3H,1H3;6H,2H2,1H3;;1H2/q;;;;+1;/p-1. The number of aryl methyl sites for hydroxylation is 3. The second-order valence-corrected chi connectivity index (χ2v) is 11.4. The zero-order valence-electron chi connectivity index (χ0n) is 26.2. The van der Waals surface area contributed by atoms with E-state index in [-0.39, 0.29) is 56.8 Å². The fourth-order valence-electron chi connectivity index (χ4n) is 3.26. The van der Waals surface area contributed by atoms with E-state index < -0.39 is 11.9 Å². The molecule has 0 aliphatic heterocycles. The molecular weight excluding hydrogens is 699 g/mol. The molecule has 5 rings (SSSR count). The molecule has 5 aromatic rings. The van der Waals surface area contributed by atoms with Gasteiger partial charge in [-0.2, -0.15) is 17.9 Å². The third-order valence-corrected chi connectivity index (χ3v) is 8.24. The Bertz CT molecular complexity index is 1890. The number of aromatic carboxylic acids is 1. The van der Waals surface area contributed by atoms with Gasteiger partial charge in [-0.3, -0.25) is 4.79 Å². The number of ether oxygens (including phenoxy) is 2. The predicted molar refractivity (Wildman–Crippen MR) is 182 cm³/mol. The topological polar surface area (TPSA) is 234 Å². The van der Waals surface area contributed by atoms with Crippen LogP contribution in [-0.2, 0) is 14.3 Å². The van der Waals surface area contributed by atoms with Crippen molar-refractivity contribution < 1.29 is 64.0 Å². The average Bonchev–Trinajstić information content (AvgIpc) is 3.52. The zero-order chi connectivity index (χ0) is 33.8. The van der Waals surface area contributed by atoms with Crippen molar-refractivity contribution in [2.75, 3.05) is 31.4 Å². The summed E-state index contributed by atoms with van der Waals surface area (Å²) in [5.74, 6) is -1.54. The predicted octanol–water partition coefficient (Wildman–Crippen LogP) is 2.69. The number of thiophene rings is 2. The quantitative estimate of drug-likeness (QED) is 0.0906. The molecule has 5 heterocycles. The smallest absolute Gasteiger partial charge is 0.870 e. The molecule has 6 N–H and O–H groups in total. The van der Waals surface area contributed by atoms with Crippen molar-refractivity contribution in [2.45, 2.75) is 20.8 Å². The van der Waals surface area contributed by atoms with Crippen LogP contribution in [0.3, 0.4) is 0 Å². The van der Waals surface area contributed by atoms with Crippen LogP contribution in [-0.4, -0.2) is 63.4 Å². The Kier molecular flexibility index (Phi) is 19.1. The number of pyridine rings is 3. The molecule has 244 valence electrons. The number of nitrogens with zero attached hydrogens (tertiary/aromatic N) is 4. The maximum atomic E-state index is 11.4. The number of methoxy groups -OCH3 is 2.